The molecule has 1 aromatic heterocycles. The Labute approximate surface area is 159 Å². The quantitative estimate of drug-likeness (QED) is 0.809. The Kier molecular flexibility index (Phi) is 5.64. The summed E-state index contributed by atoms with van der Waals surface area (Å²) in [4.78, 5) is 21.8. The fourth-order valence-corrected chi connectivity index (χ4v) is 3.66. The van der Waals surface area contributed by atoms with Crippen LogP contribution >= 0.6 is 12.4 Å². The third-order valence-electron chi connectivity index (χ3n) is 5.13. The summed E-state index contributed by atoms with van der Waals surface area (Å²) in [6.07, 6.45) is 4.15. The third kappa shape index (κ3) is 3.92. The molecule has 3 N–H and O–H groups in total. The Bertz CT molecular complexity index is 742. The monoisotopic (exact) mass is 373 g/mol. The van der Waals surface area contributed by atoms with E-state index in [0.29, 0.717) is 23.0 Å². The van der Waals surface area contributed by atoms with Crippen LogP contribution in [0.5, 0.6) is 0 Å². The molecular weight excluding hydrogens is 350 g/mol. The van der Waals surface area contributed by atoms with Gasteiger partial charge in [-0.1, -0.05) is 0 Å². The Balaban J connectivity index is 0.00000196. The SMILES string of the molecule is Cl.Nc1ccc(C(=O)Nc2ccc(N3CCN4CCC3CC4)nc2)cc1. The van der Waals surface area contributed by atoms with Gasteiger partial charge in [0.05, 0.1) is 11.9 Å². The molecule has 0 atom stereocenters. The van der Waals surface area contributed by atoms with E-state index in [1.54, 1.807) is 30.5 Å². The highest BCUT2D eigenvalue weighted by Crippen LogP contribution is 2.26. The molecule has 138 valence electrons. The first-order chi connectivity index (χ1) is 12.2. The van der Waals surface area contributed by atoms with Crippen molar-refractivity contribution in [2.75, 3.05) is 42.1 Å². The first kappa shape index (κ1) is 18.5. The van der Waals surface area contributed by atoms with E-state index < -0.39 is 0 Å². The standard InChI is InChI=1S/C19H23N5O.ClH/c20-15-3-1-14(2-4-15)19(25)22-16-5-6-18(21-13-16)24-12-11-23-9-7-17(24)8-10-23;/h1-6,13,17H,7-12,20H2,(H,22,25);1H. The Morgan fingerprint density at radius 1 is 1.04 bits per heavy atom. The van der Waals surface area contributed by atoms with Gasteiger partial charge in [0, 0.05) is 43.5 Å². The van der Waals surface area contributed by atoms with Crippen molar-refractivity contribution in [2.45, 2.75) is 18.9 Å². The highest BCUT2D eigenvalue weighted by Gasteiger charge is 2.29. The van der Waals surface area contributed by atoms with Crippen molar-refractivity contribution in [3.63, 3.8) is 0 Å². The van der Waals surface area contributed by atoms with E-state index in [2.05, 4.69) is 20.1 Å². The number of hydrogen-bond donors (Lipinski definition) is 2. The molecule has 2 aromatic rings. The molecule has 0 aliphatic carbocycles. The van der Waals surface area contributed by atoms with Crippen molar-refractivity contribution in [2.24, 2.45) is 0 Å². The minimum Gasteiger partial charge on any atom is -0.399 e. The Morgan fingerprint density at radius 3 is 2.42 bits per heavy atom. The second kappa shape index (κ2) is 7.93. The van der Waals surface area contributed by atoms with Crippen molar-refractivity contribution in [3.05, 3.63) is 48.2 Å². The summed E-state index contributed by atoms with van der Waals surface area (Å²) < 4.78 is 0. The Morgan fingerprint density at radius 2 is 1.77 bits per heavy atom. The maximum absolute atomic E-state index is 12.3. The van der Waals surface area contributed by atoms with Crippen LogP contribution in [-0.4, -0.2) is 48.0 Å². The number of nitrogens with zero attached hydrogens (tertiary/aromatic N) is 3. The van der Waals surface area contributed by atoms with E-state index in [4.69, 9.17) is 5.73 Å². The van der Waals surface area contributed by atoms with Gasteiger partial charge in [-0.25, -0.2) is 4.98 Å². The highest BCUT2D eigenvalue weighted by atomic mass is 35.5. The summed E-state index contributed by atoms with van der Waals surface area (Å²) in [5.74, 6) is 0.843. The number of aromatic nitrogens is 1. The minimum atomic E-state index is -0.157. The number of anilines is 3. The molecule has 0 saturated carbocycles. The number of carbonyl (C=O) groups is 1. The van der Waals surface area contributed by atoms with E-state index in [1.165, 1.54) is 25.9 Å². The van der Waals surface area contributed by atoms with Gasteiger partial charge in [-0.2, -0.15) is 0 Å². The van der Waals surface area contributed by atoms with Gasteiger partial charge >= 0.3 is 0 Å². The summed E-state index contributed by atoms with van der Waals surface area (Å²) in [6, 6.07) is 11.4. The number of fused-ring (bicyclic) bond motifs is 4. The second-order valence-electron chi connectivity index (χ2n) is 6.75. The van der Waals surface area contributed by atoms with Gasteiger partial charge in [0.2, 0.25) is 0 Å². The largest absolute Gasteiger partial charge is 0.399 e. The van der Waals surface area contributed by atoms with Gasteiger partial charge in [-0.15, -0.1) is 12.4 Å². The summed E-state index contributed by atoms with van der Waals surface area (Å²) in [7, 11) is 0. The molecule has 5 rings (SSSR count). The van der Waals surface area contributed by atoms with Crippen LogP contribution < -0.4 is 16.0 Å². The average Bonchev–Trinajstić information content (AvgIpc) is 2.97. The van der Waals surface area contributed by atoms with Crippen LogP contribution in [0.2, 0.25) is 0 Å². The lowest BCUT2D eigenvalue weighted by molar-refractivity contribution is 0.102. The summed E-state index contributed by atoms with van der Waals surface area (Å²) in [5.41, 5.74) is 7.58. The lowest BCUT2D eigenvalue weighted by Crippen LogP contribution is -2.38. The van der Waals surface area contributed by atoms with Gasteiger partial charge in [0.25, 0.3) is 5.91 Å². The van der Waals surface area contributed by atoms with Gasteiger partial charge in [-0.05, 0) is 49.2 Å². The molecule has 4 heterocycles. The number of pyridine rings is 1. The molecule has 3 aliphatic rings. The number of rotatable bonds is 3. The van der Waals surface area contributed by atoms with Gasteiger partial charge in [0.1, 0.15) is 5.82 Å². The van der Waals surface area contributed by atoms with Crippen LogP contribution in [0.3, 0.4) is 0 Å². The topological polar surface area (TPSA) is 74.5 Å². The molecule has 1 amide bonds. The number of nitrogen functional groups attached to an aromatic ring is 1. The summed E-state index contributed by atoms with van der Waals surface area (Å²) in [5, 5.41) is 2.88. The Hall–Kier alpha value is -2.31. The summed E-state index contributed by atoms with van der Waals surface area (Å²) >= 11 is 0. The normalized spacial score (nSPS) is 21.6. The van der Waals surface area contributed by atoms with Crippen LogP contribution in [0.4, 0.5) is 17.2 Å². The lowest BCUT2D eigenvalue weighted by Gasteiger charge is -2.32. The average molecular weight is 374 g/mol. The molecule has 7 heteroatoms. The number of benzene rings is 1. The first-order valence-electron chi connectivity index (χ1n) is 8.81. The number of piperidine rings is 1. The number of hydrogen-bond acceptors (Lipinski definition) is 5. The smallest absolute Gasteiger partial charge is 0.255 e. The first-order valence-corrected chi connectivity index (χ1v) is 8.81. The van der Waals surface area contributed by atoms with Crippen LogP contribution in [0.15, 0.2) is 42.6 Å². The number of nitrogens with two attached hydrogens (primary N) is 1. The number of amides is 1. The van der Waals surface area contributed by atoms with Crippen molar-refractivity contribution < 1.29 is 4.79 Å². The van der Waals surface area contributed by atoms with Crippen LogP contribution in [0.1, 0.15) is 23.2 Å². The van der Waals surface area contributed by atoms with Crippen molar-refractivity contribution in [1.29, 1.82) is 0 Å². The van der Waals surface area contributed by atoms with Crippen molar-refractivity contribution in [3.8, 4) is 0 Å². The van der Waals surface area contributed by atoms with E-state index in [9.17, 15) is 4.79 Å². The maximum Gasteiger partial charge on any atom is 0.255 e. The van der Waals surface area contributed by atoms with Gasteiger partial charge in [-0.3, -0.25) is 4.79 Å². The van der Waals surface area contributed by atoms with E-state index >= 15 is 0 Å². The van der Waals surface area contributed by atoms with Crippen LogP contribution in [0.25, 0.3) is 0 Å². The molecule has 0 spiro atoms. The van der Waals surface area contributed by atoms with E-state index in [-0.39, 0.29) is 18.3 Å². The lowest BCUT2D eigenvalue weighted by atomic mass is 10.1. The van der Waals surface area contributed by atoms with Gasteiger partial charge < -0.3 is 20.9 Å². The summed E-state index contributed by atoms with van der Waals surface area (Å²) in [6.45, 7) is 4.51. The van der Waals surface area contributed by atoms with E-state index in [0.717, 1.165) is 18.9 Å². The molecule has 6 nitrogen and oxygen atoms in total. The molecule has 0 radical (unpaired) electrons. The molecule has 3 saturated heterocycles. The van der Waals surface area contributed by atoms with Gasteiger partial charge in [0.15, 0.2) is 0 Å². The second-order valence-corrected chi connectivity index (χ2v) is 6.75. The minimum absolute atomic E-state index is 0. The van der Waals surface area contributed by atoms with E-state index in [1.807, 2.05) is 12.1 Å². The molecule has 1 aromatic carbocycles. The highest BCUT2D eigenvalue weighted by molar-refractivity contribution is 6.04. The molecular formula is C19H24ClN5O. The molecule has 2 bridgehead atoms. The number of nitrogens with one attached hydrogen (secondary N) is 1. The zero-order valence-electron chi connectivity index (χ0n) is 14.6. The molecule has 0 unspecified atom stereocenters. The van der Waals surface area contributed by atoms with Crippen LogP contribution in [0, 0.1) is 0 Å². The fourth-order valence-electron chi connectivity index (χ4n) is 3.66. The van der Waals surface area contributed by atoms with Crippen molar-refractivity contribution >= 4 is 35.5 Å². The van der Waals surface area contributed by atoms with Crippen LogP contribution in [-0.2, 0) is 0 Å². The fraction of sp³-hybridized carbons (Fsp3) is 0.368. The number of halogens is 1. The third-order valence-corrected chi connectivity index (χ3v) is 5.13. The zero-order chi connectivity index (χ0) is 17.2. The predicted octanol–water partition coefficient (Wildman–Crippen LogP) is 2.62. The predicted molar refractivity (Wildman–Crippen MR) is 107 cm³/mol. The van der Waals surface area contributed by atoms with Crippen molar-refractivity contribution in [1.82, 2.24) is 9.88 Å². The number of carbonyl (C=O) groups excluding carboxylic acids is 1. The molecule has 3 aliphatic heterocycles. The maximum atomic E-state index is 12.3. The molecule has 26 heavy (non-hydrogen) atoms. The molecule has 3 fully saturated rings. The zero-order valence-corrected chi connectivity index (χ0v) is 15.4.